The molecule has 0 atom stereocenters. The highest BCUT2D eigenvalue weighted by Gasteiger charge is 2.32. The topological polar surface area (TPSA) is 98.7 Å². The molecule has 7 heteroatoms. The van der Waals surface area contributed by atoms with Gasteiger partial charge in [0.1, 0.15) is 0 Å². The van der Waals surface area contributed by atoms with Crippen LogP contribution in [0.15, 0.2) is 18.2 Å². The molecule has 0 saturated carbocycles. The Bertz CT molecular complexity index is 758. The van der Waals surface area contributed by atoms with E-state index in [0.717, 1.165) is 41.3 Å². The van der Waals surface area contributed by atoms with Gasteiger partial charge in [-0.15, -0.1) is 0 Å². The number of hydrogen-bond acceptors (Lipinski definition) is 4. The van der Waals surface area contributed by atoms with Crippen molar-refractivity contribution in [3.8, 4) is 0 Å². The predicted octanol–water partition coefficient (Wildman–Crippen LogP) is 4.21. The number of rotatable bonds is 9. The first-order valence-corrected chi connectivity index (χ1v) is 10.4. The number of anilines is 2. The Hall–Kier alpha value is -2.41. The van der Waals surface area contributed by atoms with Crippen molar-refractivity contribution in [1.29, 1.82) is 0 Å². The third kappa shape index (κ3) is 6.56. The summed E-state index contributed by atoms with van der Waals surface area (Å²) >= 11 is 0. The molecule has 0 saturated heterocycles. The average Bonchev–Trinajstić information content (AvgIpc) is 2.63. The minimum absolute atomic E-state index is 0.0110. The molecule has 0 aliphatic carbocycles. The van der Waals surface area contributed by atoms with Gasteiger partial charge in [-0.3, -0.25) is 19.6 Å². The molecular formula is C22H33N3O4. The summed E-state index contributed by atoms with van der Waals surface area (Å²) in [5.74, 6) is -0.291. The zero-order valence-corrected chi connectivity index (χ0v) is 17.9. The fourth-order valence-corrected chi connectivity index (χ4v) is 3.52. The lowest BCUT2D eigenvalue weighted by Crippen LogP contribution is -2.33. The molecule has 1 aromatic carbocycles. The maximum Gasteiger partial charge on any atom is 0.246 e. The summed E-state index contributed by atoms with van der Waals surface area (Å²) in [5, 5.41) is 16.1. The predicted molar refractivity (Wildman–Crippen MR) is 113 cm³/mol. The minimum Gasteiger partial charge on any atom is -0.326 e. The summed E-state index contributed by atoms with van der Waals surface area (Å²) in [6.45, 7) is 7.57. The summed E-state index contributed by atoms with van der Waals surface area (Å²) in [5.41, 5.74) is 2.30. The van der Waals surface area contributed by atoms with Crippen LogP contribution >= 0.6 is 0 Å². The Morgan fingerprint density at radius 3 is 2.48 bits per heavy atom. The van der Waals surface area contributed by atoms with Crippen LogP contribution in [-0.2, 0) is 19.8 Å². The number of carbonyl (C=O) groups is 3. The molecule has 1 aliphatic rings. The van der Waals surface area contributed by atoms with Gasteiger partial charge in [-0.25, -0.2) is 5.06 Å². The molecular weight excluding hydrogens is 370 g/mol. The molecule has 1 aromatic rings. The van der Waals surface area contributed by atoms with Crippen LogP contribution in [0.1, 0.15) is 78.2 Å². The fourth-order valence-electron chi connectivity index (χ4n) is 3.52. The van der Waals surface area contributed by atoms with Crippen molar-refractivity contribution in [2.24, 2.45) is 0 Å². The van der Waals surface area contributed by atoms with Crippen molar-refractivity contribution in [3.63, 3.8) is 0 Å². The van der Waals surface area contributed by atoms with Gasteiger partial charge in [0.2, 0.25) is 17.7 Å². The molecule has 0 fully saturated rings. The number of amides is 3. The summed E-state index contributed by atoms with van der Waals surface area (Å²) in [6, 6.07) is 5.37. The molecule has 3 N–H and O–H groups in total. The van der Waals surface area contributed by atoms with Gasteiger partial charge in [0.05, 0.1) is 6.04 Å². The summed E-state index contributed by atoms with van der Waals surface area (Å²) in [6.07, 6.45) is 4.32. The normalized spacial score (nSPS) is 14.9. The van der Waals surface area contributed by atoms with Crippen molar-refractivity contribution < 1.29 is 19.6 Å². The van der Waals surface area contributed by atoms with Crippen LogP contribution in [-0.4, -0.2) is 34.0 Å². The standard InChI is InChI=1S/C22H33N3O4/c1-15(2)25(29)21(28)10-8-6-5-7-9-19(26)23-16-11-12-18-17(13-16)22(3,4)14-20(27)24-18/h11-13,15,29H,5-10,14H2,1-4H3,(H,23,26)(H,24,27). The number of carbonyl (C=O) groups excluding carboxylic acids is 3. The van der Waals surface area contributed by atoms with E-state index in [2.05, 4.69) is 10.6 Å². The van der Waals surface area contributed by atoms with Gasteiger partial charge >= 0.3 is 0 Å². The molecule has 29 heavy (non-hydrogen) atoms. The number of hydrogen-bond donors (Lipinski definition) is 3. The SMILES string of the molecule is CC(C)N(O)C(=O)CCCCCCC(=O)Nc1ccc2c(c1)C(C)(C)CC(=O)N2. The molecule has 0 unspecified atom stereocenters. The number of unbranched alkanes of at least 4 members (excludes halogenated alkanes) is 3. The maximum absolute atomic E-state index is 12.2. The van der Waals surface area contributed by atoms with E-state index in [-0.39, 0.29) is 29.2 Å². The van der Waals surface area contributed by atoms with Crippen LogP contribution < -0.4 is 10.6 Å². The Balaban J connectivity index is 1.72. The summed E-state index contributed by atoms with van der Waals surface area (Å²) in [4.78, 5) is 35.7. The van der Waals surface area contributed by atoms with Crippen molar-refractivity contribution in [1.82, 2.24) is 5.06 Å². The van der Waals surface area contributed by atoms with Crippen LogP contribution in [0.25, 0.3) is 0 Å². The lowest BCUT2D eigenvalue weighted by molar-refractivity contribution is -0.172. The molecule has 7 nitrogen and oxygen atoms in total. The smallest absolute Gasteiger partial charge is 0.246 e. The average molecular weight is 404 g/mol. The van der Waals surface area contributed by atoms with Gasteiger partial charge in [-0.2, -0.15) is 0 Å². The highest BCUT2D eigenvalue weighted by Crippen LogP contribution is 2.38. The number of nitrogens with one attached hydrogen (secondary N) is 2. The van der Waals surface area contributed by atoms with Crippen molar-refractivity contribution >= 4 is 29.1 Å². The molecule has 160 valence electrons. The van der Waals surface area contributed by atoms with Crippen LogP contribution in [0.3, 0.4) is 0 Å². The van der Waals surface area contributed by atoms with Crippen LogP contribution in [0.2, 0.25) is 0 Å². The molecule has 2 rings (SSSR count). The third-order valence-corrected chi connectivity index (χ3v) is 5.20. The van der Waals surface area contributed by atoms with E-state index < -0.39 is 0 Å². The van der Waals surface area contributed by atoms with E-state index in [9.17, 15) is 19.6 Å². The number of fused-ring (bicyclic) bond motifs is 1. The summed E-state index contributed by atoms with van der Waals surface area (Å²) in [7, 11) is 0. The Kier molecular flexibility index (Phi) is 7.79. The van der Waals surface area contributed by atoms with E-state index in [1.54, 1.807) is 19.9 Å². The molecule has 0 radical (unpaired) electrons. The first kappa shape index (κ1) is 22.9. The minimum atomic E-state index is -0.268. The summed E-state index contributed by atoms with van der Waals surface area (Å²) < 4.78 is 0. The lowest BCUT2D eigenvalue weighted by atomic mass is 9.78. The van der Waals surface area contributed by atoms with Crippen LogP contribution in [0, 0.1) is 0 Å². The van der Waals surface area contributed by atoms with Gasteiger partial charge in [0, 0.05) is 36.1 Å². The Morgan fingerprint density at radius 1 is 1.17 bits per heavy atom. The van der Waals surface area contributed by atoms with E-state index in [4.69, 9.17) is 0 Å². The van der Waals surface area contributed by atoms with Gasteiger partial charge in [0.25, 0.3) is 0 Å². The lowest BCUT2D eigenvalue weighted by Gasteiger charge is -2.32. The van der Waals surface area contributed by atoms with Crippen molar-refractivity contribution in [2.45, 2.75) is 84.1 Å². The number of hydroxylamine groups is 2. The second-order valence-corrected chi connectivity index (χ2v) is 8.66. The van der Waals surface area contributed by atoms with Gasteiger partial charge in [-0.1, -0.05) is 26.7 Å². The maximum atomic E-state index is 12.2. The largest absolute Gasteiger partial charge is 0.326 e. The molecule has 1 aliphatic heterocycles. The quantitative estimate of drug-likeness (QED) is 0.327. The molecule has 1 heterocycles. The molecule has 0 spiro atoms. The zero-order chi connectivity index (χ0) is 21.6. The second kappa shape index (κ2) is 9.87. The first-order chi connectivity index (χ1) is 13.6. The van der Waals surface area contributed by atoms with Gasteiger partial charge in [-0.05, 0) is 50.5 Å². The fraction of sp³-hybridized carbons (Fsp3) is 0.591. The highest BCUT2D eigenvalue weighted by atomic mass is 16.5. The van der Waals surface area contributed by atoms with E-state index >= 15 is 0 Å². The van der Waals surface area contributed by atoms with Crippen molar-refractivity contribution in [3.05, 3.63) is 23.8 Å². The van der Waals surface area contributed by atoms with Crippen molar-refractivity contribution in [2.75, 3.05) is 10.6 Å². The molecule has 0 aromatic heterocycles. The molecule has 3 amide bonds. The van der Waals surface area contributed by atoms with Gasteiger partial charge in [0.15, 0.2) is 0 Å². The van der Waals surface area contributed by atoms with Crippen LogP contribution in [0.5, 0.6) is 0 Å². The number of nitrogens with zero attached hydrogens (tertiary/aromatic N) is 1. The van der Waals surface area contributed by atoms with E-state index in [1.807, 2.05) is 26.0 Å². The molecule has 0 bridgehead atoms. The van der Waals surface area contributed by atoms with Gasteiger partial charge < -0.3 is 10.6 Å². The Morgan fingerprint density at radius 2 is 1.83 bits per heavy atom. The first-order valence-electron chi connectivity index (χ1n) is 10.4. The van der Waals surface area contributed by atoms with E-state index in [0.29, 0.717) is 25.7 Å². The monoisotopic (exact) mass is 403 g/mol. The Labute approximate surface area is 172 Å². The van der Waals surface area contributed by atoms with E-state index in [1.165, 1.54) is 0 Å². The number of benzene rings is 1. The zero-order valence-electron chi connectivity index (χ0n) is 17.9. The highest BCUT2D eigenvalue weighted by molar-refractivity contribution is 5.97. The van der Waals surface area contributed by atoms with Crippen LogP contribution in [0.4, 0.5) is 11.4 Å². The second-order valence-electron chi connectivity index (χ2n) is 8.66. The third-order valence-electron chi connectivity index (χ3n) is 5.20.